The van der Waals surface area contributed by atoms with Crippen molar-refractivity contribution in [1.29, 1.82) is 0 Å². The summed E-state index contributed by atoms with van der Waals surface area (Å²) in [4.78, 5) is 6.30. The van der Waals surface area contributed by atoms with Crippen LogP contribution in [0.25, 0.3) is 0 Å². The third kappa shape index (κ3) is 3.27. The number of ether oxygens (including phenoxy) is 2. The van der Waals surface area contributed by atoms with E-state index in [0.29, 0.717) is 11.6 Å². The molecule has 0 saturated heterocycles. The van der Waals surface area contributed by atoms with Gasteiger partial charge in [0.25, 0.3) is 0 Å². The summed E-state index contributed by atoms with van der Waals surface area (Å²) in [5.41, 5.74) is 6.51. The summed E-state index contributed by atoms with van der Waals surface area (Å²) in [5, 5.41) is 0. The van der Waals surface area contributed by atoms with Crippen LogP contribution in [0.15, 0.2) is 12.1 Å². The number of aromatic nitrogens is 1. The lowest BCUT2D eigenvalue weighted by atomic mass is 10.3. The van der Waals surface area contributed by atoms with Crippen molar-refractivity contribution in [2.24, 2.45) is 0 Å². The van der Waals surface area contributed by atoms with Crippen molar-refractivity contribution >= 4 is 11.5 Å². The van der Waals surface area contributed by atoms with Crippen molar-refractivity contribution < 1.29 is 9.47 Å². The number of nitrogens with zero attached hydrogens (tertiary/aromatic N) is 2. The zero-order chi connectivity index (χ0) is 12.0. The van der Waals surface area contributed by atoms with E-state index in [1.807, 2.05) is 11.9 Å². The molecule has 0 aliphatic heterocycles. The standard InChI is InChI=1S/C11H19N3O2/c1-14(7-4-8-15-2)11-9(12)5-6-10(13-11)16-3/h5-6H,4,7-8,12H2,1-3H3. The molecule has 0 fully saturated rings. The van der Waals surface area contributed by atoms with Crippen molar-refractivity contribution in [2.45, 2.75) is 6.42 Å². The Hall–Kier alpha value is -1.49. The number of rotatable bonds is 6. The molecule has 0 bridgehead atoms. The fourth-order valence-corrected chi connectivity index (χ4v) is 1.41. The number of nitrogens with two attached hydrogens (primary N) is 1. The molecular weight excluding hydrogens is 206 g/mol. The van der Waals surface area contributed by atoms with Gasteiger partial charge in [-0.2, -0.15) is 4.98 Å². The van der Waals surface area contributed by atoms with E-state index in [1.54, 1.807) is 26.4 Å². The molecule has 5 heteroatoms. The summed E-state index contributed by atoms with van der Waals surface area (Å²) in [7, 11) is 5.24. The Bertz CT molecular complexity index is 331. The average molecular weight is 225 g/mol. The van der Waals surface area contributed by atoms with Gasteiger partial charge in [-0.3, -0.25) is 0 Å². The highest BCUT2D eigenvalue weighted by atomic mass is 16.5. The van der Waals surface area contributed by atoms with Gasteiger partial charge in [0.05, 0.1) is 12.8 Å². The zero-order valence-electron chi connectivity index (χ0n) is 10.1. The minimum Gasteiger partial charge on any atom is -0.481 e. The van der Waals surface area contributed by atoms with Crippen LogP contribution < -0.4 is 15.4 Å². The number of nitrogen functional groups attached to an aromatic ring is 1. The predicted molar refractivity (Wildman–Crippen MR) is 65.0 cm³/mol. The minimum atomic E-state index is 0.572. The Kier molecular flexibility index (Phi) is 4.85. The van der Waals surface area contributed by atoms with E-state index in [1.165, 1.54) is 0 Å². The lowest BCUT2D eigenvalue weighted by Crippen LogP contribution is -2.22. The van der Waals surface area contributed by atoms with Gasteiger partial charge in [-0.15, -0.1) is 0 Å². The monoisotopic (exact) mass is 225 g/mol. The highest BCUT2D eigenvalue weighted by Gasteiger charge is 2.08. The van der Waals surface area contributed by atoms with Crippen molar-refractivity contribution in [3.8, 4) is 5.88 Å². The van der Waals surface area contributed by atoms with Crippen LogP contribution in [0.4, 0.5) is 11.5 Å². The number of methoxy groups -OCH3 is 2. The minimum absolute atomic E-state index is 0.572. The lowest BCUT2D eigenvalue weighted by molar-refractivity contribution is 0.196. The van der Waals surface area contributed by atoms with Crippen LogP contribution in [0, 0.1) is 0 Å². The van der Waals surface area contributed by atoms with E-state index in [-0.39, 0.29) is 0 Å². The van der Waals surface area contributed by atoms with Gasteiger partial charge >= 0.3 is 0 Å². The van der Waals surface area contributed by atoms with Crippen molar-refractivity contribution in [2.75, 3.05) is 45.1 Å². The van der Waals surface area contributed by atoms with Crippen molar-refractivity contribution in [1.82, 2.24) is 4.98 Å². The molecule has 0 radical (unpaired) electrons. The molecular formula is C11H19N3O2. The van der Waals surface area contributed by atoms with E-state index in [9.17, 15) is 0 Å². The average Bonchev–Trinajstić information content (AvgIpc) is 2.30. The largest absolute Gasteiger partial charge is 0.481 e. The number of pyridine rings is 1. The molecule has 5 nitrogen and oxygen atoms in total. The molecule has 16 heavy (non-hydrogen) atoms. The lowest BCUT2D eigenvalue weighted by Gasteiger charge is -2.20. The van der Waals surface area contributed by atoms with Gasteiger partial charge in [0.15, 0.2) is 5.82 Å². The maximum absolute atomic E-state index is 5.86. The fraction of sp³-hybridized carbons (Fsp3) is 0.545. The maximum Gasteiger partial charge on any atom is 0.215 e. The summed E-state index contributed by atoms with van der Waals surface area (Å²) in [6, 6.07) is 3.55. The zero-order valence-corrected chi connectivity index (χ0v) is 10.1. The van der Waals surface area contributed by atoms with Crippen LogP contribution in [0.5, 0.6) is 5.88 Å². The first-order valence-electron chi connectivity index (χ1n) is 5.19. The molecule has 0 saturated carbocycles. The van der Waals surface area contributed by atoms with Crippen LogP contribution in [0.3, 0.4) is 0 Å². The van der Waals surface area contributed by atoms with Gasteiger partial charge in [-0.05, 0) is 12.5 Å². The normalized spacial score (nSPS) is 10.2. The molecule has 1 rings (SSSR count). The highest BCUT2D eigenvalue weighted by molar-refractivity contribution is 5.63. The molecule has 0 unspecified atom stereocenters. The second-order valence-electron chi connectivity index (χ2n) is 3.53. The highest BCUT2D eigenvalue weighted by Crippen LogP contribution is 2.22. The Labute approximate surface area is 96.2 Å². The van der Waals surface area contributed by atoms with Crippen molar-refractivity contribution in [3.63, 3.8) is 0 Å². The van der Waals surface area contributed by atoms with Crippen molar-refractivity contribution in [3.05, 3.63) is 12.1 Å². The van der Waals surface area contributed by atoms with E-state index >= 15 is 0 Å². The van der Waals surface area contributed by atoms with E-state index in [4.69, 9.17) is 15.2 Å². The molecule has 1 aromatic heterocycles. The van der Waals surface area contributed by atoms with Gasteiger partial charge < -0.3 is 20.1 Å². The van der Waals surface area contributed by atoms with E-state index in [0.717, 1.165) is 25.4 Å². The Morgan fingerprint density at radius 3 is 2.75 bits per heavy atom. The number of anilines is 2. The van der Waals surface area contributed by atoms with Gasteiger partial charge in [0.2, 0.25) is 5.88 Å². The second kappa shape index (κ2) is 6.17. The first-order valence-corrected chi connectivity index (χ1v) is 5.19. The van der Waals surface area contributed by atoms with Crippen LogP contribution in [-0.2, 0) is 4.74 Å². The van der Waals surface area contributed by atoms with E-state index in [2.05, 4.69) is 4.98 Å². The second-order valence-corrected chi connectivity index (χ2v) is 3.53. The molecule has 0 aliphatic carbocycles. The Morgan fingerprint density at radius 1 is 1.38 bits per heavy atom. The maximum atomic E-state index is 5.86. The molecule has 1 aromatic rings. The van der Waals surface area contributed by atoms with Gasteiger partial charge in [0.1, 0.15) is 0 Å². The topological polar surface area (TPSA) is 60.6 Å². The molecule has 0 aromatic carbocycles. The van der Waals surface area contributed by atoms with Crippen LogP contribution in [0.1, 0.15) is 6.42 Å². The van der Waals surface area contributed by atoms with Crippen LogP contribution >= 0.6 is 0 Å². The molecule has 90 valence electrons. The van der Waals surface area contributed by atoms with E-state index < -0.39 is 0 Å². The quantitative estimate of drug-likeness (QED) is 0.736. The number of hydrogen-bond donors (Lipinski definition) is 1. The first kappa shape index (κ1) is 12.6. The third-order valence-corrected chi connectivity index (χ3v) is 2.29. The molecule has 0 amide bonds. The summed E-state index contributed by atoms with van der Waals surface area (Å²) >= 11 is 0. The summed E-state index contributed by atoms with van der Waals surface area (Å²) < 4.78 is 10.1. The molecule has 2 N–H and O–H groups in total. The SMILES string of the molecule is COCCCN(C)c1nc(OC)ccc1N. The van der Waals surface area contributed by atoms with Gasteiger partial charge in [-0.25, -0.2) is 0 Å². The molecule has 0 spiro atoms. The summed E-state index contributed by atoms with van der Waals surface area (Å²) in [6.45, 7) is 1.58. The van der Waals surface area contributed by atoms with Crippen LogP contribution in [0.2, 0.25) is 0 Å². The van der Waals surface area contributed by atoms with Gasteiger partial charge in [-0.1, -0.05) is 0 Å². The van der Waals surface area contributed by atoms with Crippen LogP contribution in [-0.4, -0.2) is 39.4 Å². The smallest absolute Gasteiger partial charge is 0.215 e. The third-order valence-electron chi connectivity index (χ3n) is 2.29. The molecule has 0 atom stereocenters. The Morgan fingerprint density at radius 2 is 2.12 bits per heavy atom. The molecule has 0 aliphatic rings. The molecule has 1 heterocycles. The predicted octanol–water partition coefficient (Wildman–Crippen LogP) is 1.15. The fourth-order valence-electron chi connectivity index (χ4n) is 1.41. The Balaban J connectivity index is 2.69. The first-order chi connectivity index (χ1) is 7.69. The summed E-state index contributed by atoms with van der Waals surface area (Å²) in [5.74, 6) is 1.32. The summed E-state index contributed by atoms with van der Waals surface area (Å²) in [6.07, 6.45) is 0.936. The van der Waals surface area contributed by atoms with Gasteiger partial charge in [0, 0.05) is 33.4 Å². The number of hydrogen-bond acceptors (Lipinski definition) is 5.